The summed E-state index contributed by atoms with van der Waals surface area (Å²) in [6, 6.07) is 12.9. The molecule has 140 valence electrons. The Labute approximate surface area is 151 Å². The van der Waals surface area contributed by atoms with E-state index < -0.39 is 12.0 Å². The third-order valence-electron chi connectivity index (χ3n) is 3.75. The normalized spacial score (nSPS) is 11.7. The Bertz CT molecular complexity index is 692. The fraction of sp³-hybridized carbons (Fsp3) is 0.316. The number of hydrogen-bond donors (Lipinski definition) is 2. The molecule has 0 aliphatic heterocycles. The summed E-state index contributed by atoms with van der Waals surface area (Å²) >= 11 is 0. The molecule has 1 atom stereocenters. The van der Waals surface area contributed by atoms with Crippen LogP contribution in [0.5, 0.6) is 11.5 Å². The predicted molar refractivity (Wildman–Crippen MR) is 96.9 cm³/mol. The molecular formula is C19H23FN2O4. The van der Waals surface area contributed by atoms with Gasteiger partial charge in [-0.2, -0.15) is 0 Å². The van der Waals surface area contributed by atoms with Crippen LogP contribution in [-0.4, -0.2) is 43.9 Å². The maximum Gasteiger partial charge on any atom is 0.219 e. The summed E-state index contributed by atoms with van der Waals surface area (Å²) in [4.78, 5) is 13.0. The van der Waals surface area contributed by atoms with Gasteiger partial charge in [-0.05, 0) is 48.5 Å². The number of primary amides is 1. The highest BCUT2D eigenvalue weighted by Gasteiger charge is 2.14. The van der Waals surface area contributed by atoms with Gasteiger partial charge in [0.15, 0.2) is 0 Å². The van der Waals surface area contributed by atoms with Gasteiger partial charge in [0, 0.05) is 25.2 Å². The molecule has 0 aromatic heterocycles. The van der Waals surface area contributed by atoms with Crippen molar-refractivity contribution in [2.75, 3.05) is 31.7 Å². The summed E-state index contributed by atoms with van der Waals surface area (Å²) < 4.78 is 23.5. The third-order valence-corrected chi connectivity index (χ3v) is 3.75. The highest BCUT2D eigenvalue weighted by atomic mass is 19.1. The Hall–Kier alpha value is -2.80. The molecule has 2 aromatic carbocycles. The number of anilines is 1. The van der Waals surface area contributed by atoms with Crippen molar-refractivity contribution in [3.05, 3.63) is 54.3 Å². The number of nitrogens with two attached hydrogens (primary N) is 1. The average Bonchev–Trinajstić information content (AvgIpc) is 2.64. The molecule has 0 saturated heterocycles. The van der Waals surface area contributed by atoms with Gasteiger partial charge in [-0.1, -0.05) is 0 Å². The van der Waals surface area contributed by atoms with Gasteiger partial charge in [0.05, 0.1) is 7.11 Å². The Morgan fingerprint density at radius 2 is 1.77 bits per heavy atom. The Morgan fingerprint density at radius 3 is 2.35 bits per heavy atom. The van der Waals surface area contributed by atoms with Crippen LogP contribution in [0.4, 0.5) is 10.1 Å². The fourth-order valence-electron chi connectivity index (χ4n) is 2.39. The molecule has 0 aliphatic carbocycles. The number of nitrogens with zero attached hydrogens (tertiary/aromatic N) is 1. The molecule has 0 saturated carbocycles. The van der Waals surface area contributed by atoms with Gasteiger partial charge in [-0.3, -0.25) is 4.79 Å². The van der Waals surface area contributed by atoms with Crippen LogP contribution in [0.15, 0.2) is 48.5 Å². The summed E-state index contributed by atoms with van der Waals surface area (Å²) in [6.07, 6.45) is -0.646. The van der Waals surface area contributed by atoms with Crippen molar-refractivity contribution < 1.29 is 23.8 Å². The van der Waals surface area contributed by atoms with Crippen LogP contribution in [0.2, 0.25) is 0 Å². The van der Waals surface area contributed by atoms with Gasteiger partial charge < -0.3 is 25.2 Å². The van der Waals surface area contributed by atoms with Crippen molar-refractivity contribution in [1.29, 1.82) is 0 Å². The van der Waals surface area contributed by atoms with E-state index in [1.165, 1.54) is 24.3 Å². The molecule has 7 heteroatoms. The highest BCUT2D eigenvalue weighted by molar-refractivity contribution is 5.74. The van der Waals surface area contributed by atoms with Crippen LogP contribution in [0, 0.1) is 5.82 Å². The number of halogens is 1. The minimum absolute atomic E-state index is 0.0366. The van der Waals surface area contributed by atoms with E-state index in [0.717, 1.165) is 5.69 Å². The lowest BCUT2D eigenvalue weighted by Gasteiger charge is -2.27. The Kier molecular flexibility index (Phi) is 7.23. The van der Waals surface area contributed by atoms with E-state index >= 15 is 0 Å². The quantitative estimate of drug-likeness (QED) is 0.675. The maximum absolute atomic E-state index is 12.9. The number of methoxy groups -OCH3 is 1. The summed E-state index contributed by atoms with van der Waals surface area (Å²) in [5.41, 5.74) is 6.07. The second kappa shape index (κ2) is 9.62. The SMILES string of the molecule is COc1ccc(N(CCC(N)=O)C[C@H](O)COc2ccc(F)cc2)cc1. The van der Waals surface area contributed by atoms with Crippen LogP contribution < -0.4 is 20.1 Å². The molecule has 2 rings (SSSR count). The topological polar surface area (TPSA) is 85.0 Å². The number of carbonyl (C=O) groups excluding carboxylic acids is 1. The first-order valence-electron chi connectivity index (χ1n) is 8.21. The molecule has 0 unspecified atom stereocenters. The fourth-order valence-corrected chi connectivity index (χ4v) is 2.39. The van der Waals surface area contributed by atoms with E-state index in [0.29, 0.717) is 18.0 Å². The molecule has 0 bridgehead atoms. The van der Waals surface area contributed by atoms with E-state index in [-0.39, 0.29) is 25.4 Å². The lowest BCUT2D eigenvalue weighted by molar-refractivity contribution is -0.117. The molecule has 0 fully saturated rings. The van der Waals surface area contributed by atoms with Crippen LogP contribution in [-0.2, 0) is 4.79 Å². The number of carbonyl (C=O) groups is 1. The van der Waals surface area contributed by atoms with E-state index in [1.54, 1.807) is 19.2 Å². The molecule has 0 aliphatic rings. The molecule has 0 spiro atoms. The maximum atomic E-state index is 12.9. The molecule has 0 heterocycles. The van der Waals surface area contributed by atoms with Crippen molar-refractivity contribution in [3.8, 4) is 11.5 Å². The van der Waals surface area contributed by atoms with Gasteiger partial charge in [0.1, 0.15) is 30.0 Å². The molecule has 2 aromatic rings. The smallest absolute Gasteiger partial charge is 0.219 e. The minimum Gasteiger partial charge on any atom is -0.497 e. The zero-order chi connectivity index (χ0) is 18.9. The van der Waals surface area contributed by atoms with E-state index in [2.05, 4.69) is 0 Å². The van der Waals surface area contributed by atoms with Gasteiger partial charge in [-0.15, -0.1) is 0 Å². The lowest BCUT2D eigenvalue weighted by Crippen LogP contribution is -2.37. The number of rotatable bonds is 10. The summed E-state index contributed by atoms with van der Waals surface area (Å²) in [5.74, 6) is 0.415. The number of amides is 1. The second-order valence-corrected chi connectivity index (χ2v) is 5.78. The van der Waals surface area contributed by atoms with Crippen LogP contribution >= 0.6 is 0 Å². The molecule has 1 amide bonds. The predicted octanol–water partition coefficient (Wildman–Crippen LogP) is 1.96. The van der Waals surface area contributed by atoms with Crippen molar-refractivity contribution in [2.24, 2.45) is 5.73 Å². The van der Waals surface area contributed by atoms with Gasteiger partial charge >= 0.3 is 0 Å². The number of hydrogen-bond acceptors (Lipinski definition) is 5. The van der Waals surface area contributed by atoms with E-state index in [4.69, 9.17) is 15.2 Å². The molecule has 26 heavy (non-hydrogen) atoms. The summed E-state index contributed by atoms with van der Waals surface area (Å²) in [7, 11) is 1.58. The van der Waals surface area contributed by atoms with Crippen LogP contribution in [0.1, 0.15) is 6.42 Å². The summed E-state index contributed by atoms with van der Waals surface area (Å²) in [5, 5.41) is 10.3. The van der Waals surface area contributed by atoms with Crippen molar-refractivity contribution in [2.45, 2.75) is 12.5 Å². The monoisotopic (exact) mass is 362 g/mol. The number of aliphatic hydroxyl groups is 1. The van der Waals surface area contributed by atoms with Crippen molar-refractivity contribution in [3.63, 3.8) is 0 Å². The van der Waals surface area contributed by atoms with E-state index in [9.17, 15) is 14.3 Å². The number of aliphatic hydroxyl groups excluding tert-OH is 1. The summed E-state index contributed by atoms with van der Waals surface area (Å²) in [6.45, 7) is 0.658. The lowest BCUT2D eigenvalue weighted by atomic mass is 10.2. The Balaban J connectivity index is 1.97. The average molecular weight is 362 g/mol. The first-order valence-corrected chi connectivity index (χ1v) is 8.21. The number of benzene rings is 2. The molecule has 3 N–H and O–H groups in total. The van der Waals surface area contributed by atoms with Gasteiger partial charge in [-0.25, -0.2) is 4.39 Å². The minimum atomic E-state index is -0.810. The molecule has 6 nitrogen and oxygen atoms in total. The first-order chi connectivity index (χ1) is 12.5. The van der Waals surface area contributed by atoms with Gasteiger partial charge in [0.2, 0.25) is 5.91 Å². The zero-order valence-electron chi connectivity index (χ0n) is 14.6. The van der Waals surface area contributed by atoms with Crippen molar-refractivity contribution >= 4 is 11.6 Å². The second-order valence-electron chi connectivity index (χ2n) is 5.78. The van der Waals surface area contributed by atoms with Crippen molar-refractivity contribution in [1.82, 2.24) is 0 Å². The Morgan fingerprint density at radius 1 is 1.15 bits per heavy atom. The number of ether oxygens (including phenoxy) is 2. The highest BCUT2D eigenvalue weighted by Crippen LogP contribution is 2.20. The molecular weight excluding hydrogens is 339 g/mol. The van der Waals surface area contributed by atoms with E-state index in [1.807, 2.05) is 17.0 Å². The van der Waals surface area contributed by atoms with Gasteiger partial charge in [0.25, 0.3) is 0 Å². The standard InChI is InChI=1S/C19H23FN2O4/c1-25-17-8-4-15(5-9-17)22(11-10-19(21)24)12-16(23)13-26-18-6-2-14(20)3-7-18/h2-9,16,23H,10-13H2,1H3,(H2,21,24)/t16-/m0/s1. The van der Waals surface area contributed by atoms with Crippen LogP contribution in [0.25, 0.3) is 0 Å². The zero-order valence-corrected chi connectivity index (χ0v) is 14.6. The van der Waals surface area contributed by atoms with Crippen LogP contribution in [0.3, 0.4) is 0 Å². The first kappa shape index (κ1) is 19.5. The largest absolute Gasteiger partial charge is 0.497 e. The third kappa shape index (κ3) is 6.25. The molecule has 0 radical (unpaired) electrons.